The Morgan fingerprint density at radius 2 is 1.69 bits per heavy atom. The molecule has 206 valence electrons. The number of benzene rings is 2. The third kappa shape index (κ3) is 5.69. The van der Waals surface area contributed by atoms with Crippen LogP contribution >= 0.6 is 11.6 Å². The maximum Gasteiger partial charge on any atom is 0.416 e. The summed E-state index contributed by atoms with van der Waals surface area (Å²) in [5.74, 6) is -0.764. The van der Waals surface area contributed by atoms with Gasteiger partial charge in [0.05, 0.1) is 27.6 Å². The smallest absolute Gasteiger partial charge is 0.386 e. The van der Waals surface area contributed by atoms with Crippen molar-refractivity contribution >= 4 is 34.4 Å². The molecule has 0 fully saturated rings. The first kappa shape index (κ1) is 28.3. The highest BCUT2D eigenvalue weighted by atomic mass is 35.5. The van der Waals surface area contributed by atoms with E-state index in [-0.39, 0.29) is 39.8 Å². The fourth-order valence-electron chi connectivity index (χ4n) is 4.34. The van der Waals surface area contributed by atoms with Crippen LogP contribution in [-0.4, -0.2) is 30.6 Å². The Balaban J connectivity index is 1.74. The summed E-state index contributed by atoms with van der Waals surface area (Å²) in [4.78, 5) is 27.6. The molecule has 4 aromatic rings. The van der Waals surface area contributed by atoms with Crippen molar-refractivity contribution in [1.82, 2.24) is 19.6 Å². The predicted octanol–water partition coefficient (Wildman–Crippen LogP) is 5.55. The van der Waals surface area contributed by atoms with Crippen LogP contribution in [0, 0.1) is 6.92 Å². The Labute approximate surface area is 227 Å². The lowest BCUT2D eigenvalue weighted by Crippen LogP contribution is -2.25. The number of nitrogens with zero attached hydrogens (tertiary/aromatic N) is 4. The first-order valence-electron chi connectivity index (χ1n) is 12.1. The van der Waals surface area contributed by atoms with Crippen LogP contribution in [0.1, 0.15) is 56.0 Å². The fraction of sp³-hybridized carbons (Fsp3) is 0.333. The number of halogens is 4. The second-order valence-electron chi connectivity index (χ2n) is 10.1. The van der Waals surface area contributed by atoms with E-state index in [2.05, 4.69) is 15.5 Å². The molecule has 1 amide bonds. The van der Waals surface area contributed by atoms with Crippen molar-refractivity contribution in [2.24, 2.45) is 0 Å². The molecule has 8 nitrogen and oxygen atoms in total. The molecule has 0 spiro atoms. The average Bonchev–Trinajstić information content (AvgIpc) is 3.28. The lowest BCUT2D eigenvalue weighted by Gasteiger charge is -2.17. The quantitative estimate of drug-likeness (QED) is 0.321. The zero-order valence-corrected chi connectivity index (χ0v) is 22.6. The van der Waals surface area contributed by atoms with Crippen molar-refractivity contribution in [3.8, 4) is 5.69 Å². The Hall–Kier alpha value is -3.70. The number of aliphatic hydroxyl groups is 1. The number of hydrogen-bond donors (Lipinski definition) is 2. The number of pyridine rings is 1. The van der Waals surface area contributed by atoms with Crippen LogP contribution < -0.4 is 10.7 Å². The molecule has 0 atom stereocenters. The van der Waals surface area contributed by atoms with Gasteiger partial charge in [0.1, 0.15) is 6.54 Å². The first-order valence-corrected chi connectivity index (χ1v) is 12.5. The van der Waals surface area contributed by atoms with Crippen molar-refractivity contribution in [2.75, 3.05) is 5.32 Å². The summed E-state index contributed by atoms with van der Waals surface area (Å²) in [6.45, 7) is 8.42. The SMILES string of the molecule is Cc1c(C(C)C)c(=O)c2nn(-c3ccc(C(C)(C)O)cc3)nc2n1CC(=O)Nc1ccc(C(F)(F)F)cc1Cl. The van der Waals surface area contributed by atoms with Crippen LogP contribution in [-0.2, 0) is 23.1 Å². The number of fused-ring (bicyclic) bond motifs is 1. The Morgan fingerprint density at radius 1 is 1.08 bits per heavy atom. The molecule has 0 aliphatic carbocycles. The predicted molar refractivity (Wildman–Crippen MR) is 142 cm³/mol. The number of aromatic nitrogens is 4. The van der Waals surface area contributed by atoms with Crippen molar-refractivity contribution in [2.45, 2.75) is 58.9 Å². The van der Waals surface area contributed by atoms with Crippen LogP contribution in [0.3, 0.4) is 0 Å². The number of rotatable bonds is 6. The summed E-state index contributed by atoms with van der Waals surface area (Å²) in [5.41, 5.74) is 0.166. The third-order valence-corrected chi connectivity index (χ3v) is 6.67. The molecule has 12 heteroatoms. The van der Waals surface area contributed by atoms with Crippen LogP contribution in [0.4, 0.5) is 18.9 Å². The van der Waals surface area contributed by atoms with E-state index >= 15 is 0 Å². The van der Waals surface area contributed by atoms with Crippen LogP contribution in [0.25, 0.3) is 16.9 Å². The maximum absolute atomic E-state index is 13.3. The van der Waals surface area contributed by atoms with Gasteiger partial charge in [0, 0.05) is 11.3 Å². The van der Waals surface area contributed by atoms with E-state index in [0.29, 0.717) is 22.5 Å². The lowest BCUT2D eigenvalue weighted by atomic mass is 9.98. The van der Waals surface area contributed by atoms with Crippen molar-refractivity contribution < 1.29 is 23.1 Å². The van der Waals surface area contributed by atoms with E-state index in [1.54, 1.807) is 49.6 Å². The Kier molecular flexibility index (Phi) is 7.35. The third-order valence-electron chi connectivity index (χ3n) is 6.36. The van der Waals surface area contributed by atoms with Gasteiger partial charge in [0.2, 0.25) is 11.3 Å². The van der Waals surface area contributed by atoms with Gasteiger partial charge in [-0.25, -0.2) is 0 Å². The molecular formula is C27H27ClF3N5O3. The van der Waals surface area contributed by atoms with Gasteiger partial charge in [-0.05, 0) is 62.6 Å². The molecule has 0 saturated carbocycles. The van der Waals surface area contributed by atoms with E-state index in [1.165, 1.54) is 4.80 Å². The number of hydrogen-bond acceptors (Lipinski definition) is 5. The molecule has 0 radical (unpaired) electrons. The molecule has 0 saturated heterocycles. The van der Waals surface area contributed by atoms with Gasteiger partial charge in [-0.3, -0.25) is 9.59 Å². The van der Waals surface area contributed by atoms with Gasteiger partial charge in [0.15, 0.2) is 11.2 Å². The standard InChI is InChI=1S/C27H27ClF3N5O3/c1-14(2)22-15(3)35(13-21(37)32-20-11-8-17(12-19(20)28)27(29,30)31)25-23(24(22)38)33-36(34-25)18-9-6-16(7-10-18)26(4,5)39/h6-12,14,39H,13H2,1-5H3,(H,32,37). The van der Waals surface area contributed by atoms with Crippen molar-refractivity contribution in [1.29, 1.82) is 0 Å². The number of anilines is 1. The largest absolute Gasteiger partial charge is 0.416 e. The zero-order valence-electron chi connectivity index (χ0n) is 21.9. The van der Waals surface area contributed by atoms with Crippen LogP contribution in [0.5, 0.6) is 0 Å². The maximum atomic E-state index is 13.3. The molecule has 0 aliphatic heterocycles. The van der Waals surface area contributed by atoms with Gasteiger partial charge in [-0.2, -0.15) is 13.2 Å². The second-order valence-corrected chi connectivity index (χ2v) is 10.5. The molecule has 0 unspecified atom stereocenters. The summed E-state index contributed by atoms with van der Waals surface area (Å²) >= 11 is 6.00. The van der Waals surface area contributed by atoms with E-state index in [4.69, 9.17) is 11.6 Å². The van der Waals surface area contributed by atoms with Crippen molar-refractivity contribution in [3.05, 3.63) is 80.1 Å². The van der Waals surface area contributed by atoms with E-state index in [0.717, 1.165) is 18.2 Å². The number of nitrogens with one attached hydrogen (secondary N) is 1. The van der Waals surface area contributed by atoms with Crippen molar-refractivity contribution in [3.63, 3.8) is 0 Å². The summed E-state index contributed by atoms with van der Waals surface area (Å²) in [5, 5.41) is 21.4. The van der Waals surface area contributed by atoms with Gasteiger partial charge < -0.3 is 15.0 Å². The van der Waals surface area contributed by atoms with E-state index < -0.39 is 23.2 Å². The average molecular weight is 562 g/mol. The number of amides is 1. The minimum atomic E-state index is -4.57. The molecule has 2 heterocycles. The molecule has 39 heavy (non-hydrogen) atoms. The summed E-state index contributed by atoms with van der Waals surface area (Å²) < 4.78 is 40.5. The fourth-order valence-corrected chi connectivity index (χ4v) is 4.57. The zero-order chi connectivity index (χ0) is 28.9. The molecule has 0 aliphatic rings. The summed E-state index contributed by atoms with van der Waals surface area (Å²) in [6.07, 6.45) is -4.57. The number of carbonyl (C=O) groups excluding carboxylic acids is 1. The van der Waals surface area contributed by atoms with Crippen LogP contribution in [0.15, 0.2) is 47.3 Å². The normalized spacial score (nSPS) is 12.4. The van der Waals surface area contributed by atoms with Crippen LogP contribution in [0.2, 0.25) is 5.02 Å². The first-order chi connectivity index (χ1) is 18.1. The highest BCUT2D eigenvalue weighted by Crippen LogP contribution is 2.34. The van der Waals surface area contributed by atoms with Gasteiger partial charge in [0.25, 0.3) is 0 Å². The monoisotopic (exact) mass is 561 g/mol. The number of carbonyl (C=O) groups is 1. The molecule has 4 rings (SSSR count). The Bertz CT molecular complexity index is 1620. The van der Waals surface area contributed by atoms with Gasteiger partial charge >= 0.3 is 6.18 Å². The van der Waals surface area contributed by atoms with Gasteiger partial charge in [-0.15, -0.1) is 15.0 Å². The highest BCUT2D eigenvalue weighted by Gasteiger charge is 2.31. The second kappa shape index (κ2) is 10.1. The highest BCUT2D eigenvalue weighted by molar-refractivity contribution is 6.33. The van der Waals surface area contributed by atoms with E-state index in [1.807, 2.05) is 13.8 Å². The topological polar surface area (TPSA) is 102 Å². The minimum Gasteiger partial charge on any atom is -0.386 e. The molecular weight excluding hydrogens is 535 g/mol. The Morgan fingerprint density at radius 3 is 2.23 bits per heavy atom. The minimum absolute atomic E-state index is 0.0178. The summed E-state index contributed by atoms with van der Waals surface area (Å²) in [6, 6.07) is 9.52. The molecule has 2 aromatic heterocycles. The molecule has 2 N–H and O–H groups in total. The molecule has 0 bridgehead atoms. The molecule has 2 aromatic carbocycles. The number of alkyl halides is 3. The van der Waals surface area contributed by atoms with E-state index in [9.17, 15) is 27.9 Å². The van der Waals surface area contributed by atoms with Gasteiger partial charge in [-0.1, -0.05) is 37.6 Å². The summed E-state index contributed by atoms with van der Waals surface area (Å²) in [7, 11) is 0. The lowest BCUT2D eigenvalue weighted by molar-refractivity contribution is -0.137.